The highest BCUT2D eigenvalue weighted by molar-refractivity contribution is 5.94. The Labute approximate surface area is 151 Å². The molecule has 1 N–H and O–H groups in total. The zero-order valence-electron chi connectivity index (χ0n) is 14.3. The summed E-state index contributed by atoms with van der Waals surface area (Å²) in [6, 6.07) is 16.9. The highest BCUT2D eigenvalue weighted by Gasteiger charge is 2.31. The summed E-state index contributed by atoms with van der Waals surface area (Å²) in [5.74, 6) is -0.217. The predicted octanol–water partition coefficient (Wildman–Crippen LogP) is 3.41. The maximum atomic E-state index is 13.0. The summed E-state index contributed by atoms with van der Waals surface area (Å²) in [4.78, 5) is 34.2. The molecule has 1 aliphatic heterocycles. The molecule has 1 fully saturated rings. The summed E-state index contributed by atoms with van der Waals surface area (Å²) in [6.45, 7) is 0.658. The number of nitrogens with zero attached hydrogens (tertiary/aromatic N) is 2. The molecule has 1 aromatic carbocycles. The molecule has 0 radical (unpaired) electrons. The molecule has 5 nitrogen and oxygen atoms in total. The Kier molecular flexibility index (Phi) is 4.35. The van der Waals surface area contributed by atoms with Gasteiger partial charge in [0.15, 0.2) is 0 Å². The van der Waals surface area contributed by atoms with Crippen molar-refractivity contribution in [2.75, 3.05) is 6.54 Å². The van der Waals surface area contributed by atoms with E-state index in [0.717, 1.165) is 24.0 Å². The first kappa shape index (κ1) is 16.3. The van der Waals surface area contributed by atoms with Crippen LogP contribution in [0.4, 0.5) is 0 Å². The van der Waals surface area contributed by atoms with Gasteiger partial charge in [-0.05, 0) is 48.2 Å². The van der Waals surface area contributed by atoms with Crippen LogP contribution in [0.25, 0.3) is 11.3 Å². The van der Waals surface area contributed by atoms with Gasteiger partial charge in [0.1, 0.15) is 5.56 Å². The fourth-order valence-corrected chi connectivity index (χ4v) is 3.52. The van der Waals surface area contributed by atoms with Gasteiger partial charge < -0.3 is 9.88 Å². The first-order chi connectivity index (χ1) is 12.7. The van der Waals surface area contributed by atoms with Gasteiger partial charge in [-0.15, -0.1) is 0 Å². The molecule has 3 aromatic rings. The number of rotatable bonds is 3. The lowest BCUT2D eigenvalue weighted by molar-refractivity contribution is 0.0734. The molecule has 1 amide bonds. The number of hydrogen-bond donors (Lipinski definition) is 1. The normalized spacial score (nSPS) is 16.6. The van der Waals surface area contributed by atoms with Crippen LogP contribution < -0.4 is 5.56 Å². The Bertz CT molecular complexity index is 967. The Balaban J connectivity index is 1.63. The van der Waals surface area contributed by atoms with Gasteiger partial charge in [0.05, 0.1) is 6.04 Å². The van der Waals surface area contributed by atoms with Crippen molar-refractivity contribution >= 4 is 5.91 Å². The molecule has 1 atom stereocenters. The fourth-order valence-electron chi connectivity index (χ4n) is 3.52. The molecule has 0 saturated carbocycles. The van der Waals surface area contributed by atoms with E-state index >= 15 is 0 Å². The van der Waals surface area contributed by atoms with Crippen LogP contribution in [0.3, 0.4) is 0 Å². The third-order valence-corrected chi connectivity index (χ3v) is 4.83. The molecule has 1 unspecified atom stereocenters. The molecule has 0 spiro atoms. The molecular weight excluding hydrogens is 326 g/mol. The largest absolute Gasteiger partial charge is 0.331 e. The van der Waals surface area contributed by atoms with Gasteiger partial charge in [0.2, 0.25) is 0 Å². The third kappa shape index (κ3) is 3.04. The minimum atomic E-state index is -0.350. The maximum absolute atomic E-state index is 13.0. The number of hydrogen-bond acceptors (Lipinski definition) is 3. The topological polar surface area (TPSA) is 66.1 Å². The van der Waals surface area contributed by atoms with Gasteiger partial charge in [0.25, 0.3) is 11.5 Å². The zero-order chi connectivity index (χ0) is 17.9. The summed E-state index contributed by atoms with van der Waals surface area (Å²) in [5, 5.41) is 0. The molecule has 3 heterocycles. The smallest absolute Gasteiger partial charge is 0.261 e. The van der Waals surface area contributed by atoms with Gasteiger partial charge in [-0.3, -0.25) is 14.6 Å². The number of amides is 1. The standard InChI is InChI=1S/C21H19N3O2/c25-20-17(8-9-18(23-20)15-5-2-1-3-6-15)21(26)24-14-4-7-19(24)16-10-12-22-13-11-16/h1-3,5-6,8-13,19H,4,7,14H2,(H,23,25). The molecular formula is C21H19N3O2. The lowest BCUT2D eigenvalue weighted by Crippen LogP contribution is -2.34. The third-order valence-electron chi connectivity index (χ3n) is 4.83. The van der Waals surface area contributed by atoms with Crippen molar-refractivity contribution in [1.82, 2.24) is 14.9 Å². The van der Waals surface area contributed by atoms with Crippen LogP contribution in [0.15, 0.2) is 71.8 Å². The first-order valence-electron chi connectivity index (χ1n) is 8.73. The summed E-state index contributed by atoms with van der Waals surface area (Å²) in [7, 11) is 0. The minimum Gasteiger partial charge on any atom is -0.331 e. The van der Waals surface area contributed by atoms with Gasteiger partial charge in [-0.2, -0.15) is 0 Å². The number of pyridine rings is 2. The number of aromatic amines is 1. The van der Waals surface area contributed by atoms with Crippen molar-refractivity contribution in [3.05, 3.63) is 88.5 Å². The van der Waals surface area contributed by atoms with Crippen LogP contribution >= 0.6 is 0 Å². The van der Waals surface area contributed by atoms with Crippen molar-refractivity contribution in [3.63, 3.8) is 0 Å². The van der Waals surface area contributed by atoms with E-state index < -0.39 is 0 Å². The number of nitrogens with one attached hydrogen (secondary N) is 1. The van der Waals surface area contributed by atoms with E-state index in [1.165, 1.54) is 0 Å². The Morgan fingerprint density at radius 3 is 2.54 bits per heavy atom. The van der Waals surface area contributed by atoms with Crippen molar-refractivity contribution in [1.29, 1.82) is 0 Å². The van der Waals surface area contributed by atoms with Crippen LogP contribution in [-0.4, -0.2) is 27.3 Å². The number of carbonyl (C=O) groups excluding carboxylic acids is 1. The summed E-state index contributed by atoms with van der Waals surface area (Å²) in [5.41, 5.74) is 2.52. The van der Waals surface area contributed by atoms with Crippen molar-refractivity contribution in [2.24, 2.45) is 0 Å². The molecule has 5 heteroatoms. The highest BCUT2D eigenvalue weighted by Crippen LogP contribution is 2.32. The Morgan fingerprint density at radius 2 is 1.81 bits per heavy atom. The maximum Gasteiger partial charge on any atom is 0.261 e. The van der Waals surface area contributed by atoms with Gasteiger partial charge >= 0.3 is 0 Å². The van der Waals surface area contributed by atoms with E-state index in [9.17, 15) is 9.59 Å². The molecule has 0 aliphatic carbocycles. The summed E-state index contributed by atoms with van der Waals surface area (Å²) in [6.07, 6.45) is 5.30. The van der Waals surface area contributed by atoms with E-state index in [2.05, 4.69) is 9.97 Å². The second kappa shape index (κ2) is 6.96. The second-order valence-corrected chi connectivity index (χ2v) is 6.42. The number of H-pyrrole nitrogens is 1. The zero-order valence-corrected chi connectivity index (χ0v) is 14.3. The quantitative estimate of drug-likeness (QED) is 0.791. The summed E-state index contributed by atoms with van der Waals surface area (Å²) < 4.78 is 0. The lowest BCUT2D eigenvalue weighted by Gasteiger charge is -2.24. The Hall–Kier alpha value is -3.21. The average Bonchev–Trinajstić information content (AvgIpc) is 3.19. The van der Waals surface area contributed by atoms with Crippen LogP contribution in [0.1, 0.15) is 34.8 Å². The highest BCUT2D eigenvalue weighted by atomic mass is 16.2. The van der Waals surface area contributed by atoms with Gasteiger partial charge in [-0.1, -0.05) is 30.3 Å². The molecule has 4 rings (SSSR count). The minimum absolute atomic E-state index is 0.00120. The van der Waals surface area contributed by atoms with E-state index in [1.54, 1.807) is 29.4 Å². The van der Waals surface area contributed by atoms with E-state index in [-0.39, 0.29) is 23.1 Å². The Morgan fingerprint density at radius 1 is 1.04 bits per heavy atom. The molecule has 0 bridgehead atoms. The summed E-state index contributed by atoms with van der Waals surface area (Å²) >= 11 is 0. The van der Waals surface area contributed by atoms with Crippen molar-refractivity contribution < 1.29 is 4.79 Å². The van der Waals surface area contributed by atoms with Crippen LogP contribution in [0.2, 0.25) is 0 Å². The number of benzene rings is 1. The monoisotopic (exact) mass is 345 g/mol. The van der Waals surface area contributed by atoms with E-state index in [1.807, 2.05) is 42.5 Å². The van der Waals surface area contributed by atoms with Gasteiger partial charge in [0, 0.05) is 24.6 Å². The average molecular weight is 345 g/mol. The molecule has 1 saturated heterocycles. The van der Waals surface area contributed by atoms with Crippen LogP contribution in [0.5, 0.6) is 0 Å². The van der Waals surface area contributed by atoms with Crippen LogP contribution in [-0.2, 0) is 0 Å². The number of aromatic nitrogens is 2. The molecule has 1 aliphatic rings. The van der Waals surface area contributed by atoms with Crippen LogP contribution in [0, 0.1) is 0 Å². The molecule has 2 aromatic heterocycles. The van der Waals surface area contributed by atoms with E-state index in [4.69, 9.17) is 0 Å². The van der Waals surface area contributed by atoms with Crippen molar-refractivity contribution in [2.45, 2.75) is 18.9 Å². The fraction of sp³-hybridized carbons (Fsp3) is 0.190. The molecule has 130 valence electrons. The SMILES string of the molecule is O=C(c1ccc(-c2ccccc2)[nH]c1=O)N1CCCC1c1ccncc1. The predicted molar refractivity (Wildman–Crippen MR) is 99.7 cm³/mol. The second-order valence-electron chi connectivity index (χ2n) is 6.42. The number of likely N-dealkylation sites (tertiary alicyclic amines) is 1. The first-order valence-corrected chi connectivity index (χ1v) is 8.73. The lowest BCUT2D eigenvalue weighted by atomic mass is 10.1. The number of carbonyl (C=O) groups is 1. The van der Waals surface area contributed by atoms with Gasteiger partial charge in [-0.25, -0.2) is 0 Å². The van der Waals surface area contributed by atoms with E-state index in [0.29, 0.717) is 12.2 Å². The molecule has 26 heavy (non-hydrogen) atoms. The van der Waals surface area contributed by atoms with Crippen molar-refractivity contribution in [3.8, 4) is 11.3 Å².